The van der Waals surface area contributed by atoms with Crippen LogP contribution < -0.4 is 3.27 Å². The molecule has 0 heterocycles. The molecule has 0 aromatic heterocycles. The van der Waals surface area contributed by atoms with Gasteiger partial charge in [0.25, 0.3) is 0 Å². The maximum absolute atomic E-state index is 5.53. The third-order valence-electron chi connectivity index (χ3n) is 9.93. The summed E-state index contributed by atoms with van der Waals surface area (Å²) in [6.07, 6.45) is 14.8. The van der Waals surface area contributed by atoms with E-state index in [1.54, 1.807) is 12.1 Å². The van der Waals surface area contributed by atoms with Gasteiger partial charge >= 0.3 is 239 Å². The molecule has 0 amide bonds. The van der Waals surface area contributed by atoms with Crippen molar-refractivity contribution in [1.82, 2.24) is 0 Å². The predicted octanol–water partition coefficient (Wildman–Crippen LogP) is 10.5. The van der Waals surface area contributed by atoms with Gasteiger partial charge in [0.05, 0.1) is 0 Å². The van der Waals surface area contributed by atoms with Gasteiger partial charge in [0.15, 0.2) is 0 Å². The van der Waals surface area contributed by atoms with Crippen molar-refractivity contribution in [3.05, 3.63) is 124 Å². The first kappa shape index (κ1) is 30.2. The van der Waals surface area contributed by atoms with E-state index in [1.165, 1.54) is 64.6 Å². The first-order chi connectivity index (χ1) is 19.2. The Balaban J connectivity index is 0.00000169. The van der Waals surface area contributed by atoms with Crippen molar-refractivity contribution >= 4 is 32.3 Å². The topological polar surface area (TPSA) is 0 Å². The quantitative estimate of drug-likeness (QED) is 0.171. The van der Waals surface area contributed by atoms with Gasteiger partial charge in [0, 0.05) is 0 Å². The van der Waals surface area contributed by atoms with Gasteiger partial charge in [-0.3, -0.25) is 0 Å². The average molecular weight is 658 g/mol. The van der Waals surface area contributed by atoms with Gasteiger partial charge in [0.1, 0.15) is 0 Å². The van der Waals surface area contributed by atoms with Gasteiger partial charge in [0.2, 0.25) is 0 Å². The van der Waals surface area contributed by atoms with Crippen LogP contribution in [0.25, 0.3) is 33.4 Å². The molecule has 2 atom stereocenters. The summed E-state index contributed by atoms with van der Waals surface area (Å²) in [5.41, 5.74) is 11.4. The molecule has 3 aliphatic rings. The van der Waals surface area contributed by atoms with Crippen molar-refractivity contribution in [1.29, 1.82) is 0 Å². The van der Waals surface area contributed by atoms with Crippen molar-refractivity contribution in [3.8, 4) is 33.4 Å². The first-order valence-corrected chi connectivity index (χ1v) is 20.4. The number of hydrogen-bond donors (Lipinski definition) is 0. The fourth-order valence-corrected chi connectivity index (χ4v) is 19.8. The minimum atomic E-state index is -3.47. The Morgan fingerprint density at radius 3 is 2.05 bits per heavy atom. The Hall–Kier alpha value is -2.31. The summed E-state index contributed by atoms with van der Waals surface area (Å²) in [7, 11) is 0. The van der Waals surface area contributed by atoms with E-state index in [2.05, 4.69) is 116 Å². The van der Waals surface area contributed by atoms with Crippen molar-refractivity contribution in [2.75, 3.05) is 0 Å². The molecule has 2 unspecified atom stereocenters. The summed E-state index contributed by atoms with van der Waals surface area (Å²) in [5, 5.41) is 0. The minimum absolute atomic E-state index is 0. The summed E-state index contributed by atoms with van der Waals surface area (Å²) >= 11 is -3.47. The summed E-state index contributed by atoms with van der Waals surface area (Å²) in [5.74, 6) is 0.795. The molecule has 4 aromatic rings. The Bertz CT molecular complexity index is 1640. The summed E-state index contributed by atoms with van der Waals surface area (Å²) < 4.78 is 9.55. The normalized spacial score (nSPS) is 17.5. The van der Waals surface area contributed by atoms with Gasteiger partial charge in [-0.2, -0.15) is 0 Å². The van der Waals surface area contributed by atoms with Crippen LogP contribution in [0.3, 0.4) is 0 Å². The molecule has 0 radical (unpaired) electrons. The molecule has 3 heteroatoms. The Labute approximate surface area is 262 Å². The molecule has 41 heavy (non-hydrogen) atoms. The maximum atomic E-state index is 5.53. The molecular weight excluding hydrogens is 619 g/mol. The van der Waals surface area contributed by atoms with Gasteiger partial charge in [-0.05, 0) is 0 Å². The fourth-order valence-electron chi connectivity index (χ4n) is 7.84. The number of benzene rings is 4. The summed E-state index contributed by atoms with van der Waals surface area (Å²) in [6, 6.07) is 34.0. The second-order valence-electron chi connectivity index (χ2n) is 11.9. The van der Waals surface area contributed by atoms with Crippen LogP contribution >= 0.6 is 24.8 Å². The van der Waals surface area contributed by atoms with E-state index in [-0.39, 0.29) is 24.8 Å². The molecular formula is C38H39Cl2Zr. The monoisotopic (exact) mass is 655 g/mol. The third-order valence-corrected chi connectivity index (χ3v) is 22.2. The average Bonchev–Trinajstić information content (AvgIpc) is 3.78. The molecule has 0 bridgehead atoms. The molecule has 0 spiro atoms. The van der Waals surface area contributed by atoms with E-state index in [9.17, 15) is 0 Å². The number of hydrogen-bond acceptors (Lipinski definition) is 0. The molecule has 0 saturated heterocycles. The zero-order chi connectivity index (χ0) is 26.4. The van der Waals surface area contributed by atoms with E-state index in [0.717, 1.165) is 18.8 Å². The molecule has 3 aliphatic carbocycles. The van der Waals surface area contributed by atoms with E-state index in [0.29, 0.717) is 3.63 Å². The van der Waals surface area contributed by atoms with Gasteiger partial charge in [-0.1, -0.05) is 0 Å². The number of rotatable bonds is 6. The summed E-state index contributed by atoms with van der Waals surface area (Å²) in [4.78, 5) is 0. The third kappa shape index (κ3) is 5.14. The van der Waals surface area contributed by atoms with Gasteiger partial charge < -0.3 is 0 Å². The number of allylic oxidation sites excluding steroid dienone is 4. The van der Waals surface area contributed by atoms with Crippen LogP contribution in [0, 0.1) is 5.92 Å². The molecule has 1 fully saturated rings. The molecule has 209 valence electrons. The van der Waals surface area contributed by atoms with Crippen LogP contribution in [0.15, 0.2) is 113 Å². The standard InChI is InChI=1S/C25H17.C7H13.C5H5.CH2.2ClH.Zr/c1-3-9-18(10-4-1)23-16-21-15-20-13-7-8-14-22(20)25(21)17-24(23)19-11-5-2-6-12-19;1-2-7-5-3-4-6-7;1-2-4-5-3-1;;;;/h1-14,17H,15H2;2,7H,3-6H2,1H3;1-3H,4H2;1H2;2*1H;. The Kier molecular flexibility index (Phi) is 9.20. The second kappa shape index (κ2) is 12.5. The van der Waals surface area contributed by atoms with Crippen molar-refractivity contribution in [2.24, 2.45) is 5.92 Å². The Morgan fingerprint density at radius 1 is 0.756 bits per heavy atom. The van der Waals surface area contributed by atoms with Crippen LogP contribution in [0.2, 0.25) is 3.63 Å². The zero-order valence-corrected chi connectivity index (χ0v) is 27.9. The van der Waals surface area contributed by atoms with Crippen LogP contribution in [-0.2, 0) is 26.2 Å². The fraction of sp³-hybridized carbons (Fsp3) is 0.237. The first-order valence-electron chi connectivity index (χ1n) is 14.8. The van der Waals surface area contributed by atoms with Crippen LogP contribution in [0.1, 0.15) is 50.2 Å². The molecule has 4 aromatic carbocycles. The van der Waals surface area contributed by atoms with E-state index in [4.69, 9.17) is 4.21 Å². The molecule has 1 saturated carbocycles. The molecule has 0 nitrogen and oxygen atoms in total. The molecule has 0 N–H and O–H groups in total. The van der Waals surface area contributed by atoms with E-state index < -0.39 is 19.8 Å². The number of halogens is 2. The van der Waals surface area contributed by atoms with Crippen LogP contribution in [0.5, 0.6) is 0 Å². The Morgan fingerprint density at radius 2 is 1.39 bits per heavy atom. The second-order valence-corrected chi connectivity index (χ2v) is 21.7. The molecule has 7 rings (SSSR count). The molecule has 0 aliphatic heterocycles. The summed E-state index contributed by atoms with van der Waals surface area (Å²) in [6.45, 7) is 2.61. The van der Waals surface area contributed by atoms with E-state index in [1.807, 2.05) is 0 Å². The van der Waals surface area contributed by atoms with E-state index >= 15 is 0 Å². The predicted molar refractivity (Wildman–Crippen MR) is 180 cm³/mol. The van der Waals surface area contributed by atoms with Crippen LogP contribution in [0.4, 0.5) is 0 Å². The van der Waals surface area contributed by atoms with Crippen LogP contribution in [-0.4, -0.2) is 4.21 Å². The van der Waals surface area contributed by atoms with Gasteiger partial charge in [-0.15, -0.1) is 24.8 Å². The van der Waals surface area contributed by atoms with Gasteiger partial charge in [-0.25, -0.2) is 0 Å². The van der Waals surface area contributed by atoms with Crippen molar-refractivity contribution < 1.29 is 19.8 Å². The van der Waals surface area contributed by atoms with Crippen molar-refractivity contribution in [3.63, 3.8) is 0 Å². The number of fused-ring (bicyclic) bond motifs is 3. The SMILES string of the molecule is Cl.Cl.[CH2]=[Zr]([C]1=CC=CC1)([c]1c2c(cc(-c3ccccc3)c1-c1ccccc1)-c1ccccc1C2)[CH](C)C1CCCC1. The zero-order valence-electron chi connectivity index (χ0n) is 23.8. The van der Waals surface area contributed by atoms with Crippen molar-refractivity contribution in [2.45, 2.75) is 49.1 Å².